The van der Waals surface area contributed by atoms with Crippen molar-refractivity contribution in [3.05, 3.63) is 103 Å². The van der Waals surface area contributed by atoms with Crippen LogP contribution in [0.1, 0.15) is 34.6 Å². The van der Waals surface area contributed by atoms with Gasteiger partial charge in [0.15, 0.2) is 5.78 Å². The third kappa shape index (κ3) is 5.81. The van der Waals surface area contributed by atoms with Crippen molar-refractivity contribution in [3.8, 4) is 0 Å². The second kappa shape index (κ2) is 10.8. The molecule has 0 saturated carbocycles. The van der Waals surface area contributed by atoms with Crippen molar-refractivity contribution in [1.82, 2.24) is 20.2 Å². The maximum Gasteiger partial charge on any atom is 0.251 e. The molecule has 4 rings (SSSR count). The molecule has 0 bridgehead atoms. The fourth-order valence-electron chi connectivity index (χ4n) is 3.95. The normalized spacial score (nSPS) is 12.8. The molecular formula is C28H28N4O3. The van der Waals surface area contributed by atoms with Gasteiger partial charge in [0.2, 0.25) is 5.91 Å². The van der Waals surface area contributed by atoms with Crippen molar-refractivity contribution in [3.63, 3.8) is 0 Å². The lowest BCUT2D eigenvalue weighted by atomic mass is 9.99. The number of nitrogens with zero attached hydrogens (tertiary/aromatic N) is 2. The molecule has 0 spiro atoms. The van der Waals surface area contributed by atoms with Gasteiger partial charge in [-0.05, 0) is 28.8 Å². The van der Waals surface area contributed by atoms with Gasteiger partial charge in [-0.1, -0.05) is 74.5 Å². The molecule has 2 unspecified atom stereocenters. The van der Waals surface area contributed by atoms with Gasteiger partial charge in [0.05, 0.1) is 12.9 Å². The third-order valence-electron chi connectivity index (χ3n) is 5.89. The van der Waals surface area contributed by atoms with Gasteiger partial charge in [0.25, 0.3) is 5.91 Å². The number of Topliss-reactive ketones (excluding diaryl/α,β-unsaturated/α-hetero) is 1. The summed E-state index contributed by atoms with van der Waals surface area (Å²) in [6.45, 7) is 3.94. The number of carbonyl (C=O) groups excluding carboxylic acids is 3. The van der Waals surface area contributed by atoms with E-state index in [1.165, 1.54) is 0 Å². The number of carbonyl (C=O) groups is 3. The average Bonchev–Trinajstić information content (AvgIpc) is 3.39. The first-order valence-corrected chi connectivity index (χ1v) is 11.6. The first-order chi connectivity index (χ1) is 16.9. The van der Waals surface area contributed by atoms with Crippen molar-refractivity contribution in [2.24, 2.45) is 5.92 Å². The lowest BCUT2D eigenvalue weighted by Gasteiger charge is -2.25. The summed E-state index contributed by atoms with van der Waals surface area (Å²) in [5, 5.41) is 7.70. The van der Waals surface area contributed by atoms with E-state index in [0.717, 1.165) is 10.8 Å². The number of ketones is 1. The van der Waals surface area contributed by atoms with E-state index in [9.17, 15) is 14.4 Å². The predicted molar refractivity (Wildman–Crippen MR) is 135 cm³/mol. The van der Waals surface area contributed by atoms with E-state index in [0.29, 0.717) is 11.1 Å². The molecule has 3 aromatic carbocycles. The summed E-state index contributed by atoms with van der Waals surface area (Å²) in [6.07, 6.45) is 4.95. The Balaban J connectivity index is 1.52. The lowest BCUT2D eigenvalue weighted by Crippen LogP contribution is -2.54. The Kier molecular flexibility index (Phi) is 7.35. The summed E-state index contributed by atoms with van der Waals surface area (Å²) in [5.74, 6) is -1.16. The van der Waals surface area contributed by atoms with Crippen LogP contribution >= 0.6 is 0 Å². The van der Waals surface area contributed by atoms with Crippen molar-refractivity contribution in [1.29, 1.82) is 0 Å². The van der Waals surface area contributed by atoms with Gasteiger partial charge in [-0.2, -0.15) is 0 Å². The van der Waals surface area contributed by atoms with E-state index in [1.54, 1.807) is 59.7 Å². The zero-order valence-corrected chi connectivity index (χ0v) is 19.7. The molecule has 178 valence electrons. The van der Waals surface area contributed by atoms with Gasteiger partial charge in [0, 0.05) is 23.5 Å². The molecule has 0 fully saturated rings. The summed E-state index contributed by atoms with van der Waals surface area (Å²) in [5.41, 5.74) is 0.969. The number of aromatic nitrogens is 2. The third-order valence-corrected chi connectivity index (χ3v) is 5.89. The van der Waals surface area contributed by atoms with Crippen LogP contribution in [0.25, 0.3) is 10.8 Å². The Morgan fingerprint density at radius 2 is 1.57 bits per heavy atom. The SMILES string of the molecule is CC(C)C(NC(=O)c1ccc2ccccc2c1)C(=O)NC(Cn1ccnc1)C(=O)c1ccccc1. The van der Waals surface area contributed by atoms with Crippen LogP contribution < -0.4 is 10.6 Å². The quantitative estimate of drug-likeness (QED) is 0.365. The number of rotatable bonds is 9. The molecule has 35 heavy (non-hydrogen) atoms. The number of hydrogen-bond donors (Lipinski definition) is 2. The minimum Gasteiger partial charge on any atom is -0.342 e. The summed E-state index contributed by atoms with van der Waals surface area (Å²) >= 11 is 0. The monoisotopic (exact) mass is 468 g/mol. The van der Waals surface area contributed by atoms with E-state index < -0.39 is 18.0 Å². The van der Waals surface area contributed by atoms with Crippen LogP contribution in [-0.2, 0) is 11.3 Å². The second-order valence-electron chi connectivity index (χ2n) is 8.81. The topological polar surface area (TPSA) is 93.1 Å². The van der Waals surface area contributed by atoms with E-state index in [4.69, 9.17) is 0 Å². The van der Waals surface area contributed by atoms with E-state index in [-0.39, 0.29) is 24.2 Å². The first kappa shape index (κ1) is 23.9. The highest BCUT2D eigenvalue weighted by atomic mass is 16.2. The number of benzene rings is 3. The Bertz CT molecular complexity index is 1320. The fourth-order valence-corrected chi connectivity index (χ4v) is 3.95. The van der Waals surface area contributed by atoms with Crippen molar-refractivity contribution in [2.75, 3.05) is 0 Å². The summed E-state index contributed by atoms with van der Waals surface area (Å²) in [7, 11) is 0. The van der Waals surface area contributed by atoms with Crippen LogP contribution in [-0.4, -0.2) is 39.2 Å². The van der Waals surface area contributed by atoms with Crippen molar-refractivity contribution < 1.29 is 14.4 Å². The second-order valence-corrected chi connectivity index (χ2v) is 8.81. The van der Waals surface area contributed by atoms with Crippen molar-refractivity contribution >= 4 is 28.4 Å². The highest BCUT2D eigenvalue weighted by Gasteiger charge is 2.29. The predicted octanol–water partition coefficient (Wildman–Crippen LogP) is 3.86. The van der Waals surface area contributed by atoms with Crippen molar-refractivity contribution in [2.45, 2.75) is 32.5 Å². The van der Waals surface area contributed by atoms with Crippen LogP contribution in [0.5, 0.6) is 0 Å². The molecule has 0 aliphatic rings. The van der Waals surface area contributed by atoms with Crippen LogP contribution in [0.2, 0.25) is 0 Å². The Labute approximate surface area is 204 Å². The highest BCUT2D eigenvalue weighted by molar-refractivity contribution is 6.04. The van der Waals surface area contributed by atoms with E-state index in [1.807, 2.05) is 50.2 Å². The zero-order valence-electron chi connectivity index (χ0n) is 19.7. The number of amides is 2. The molecule has 2 amide bonds. The minimum absolute atomic E-state index is 0.194. The molecule has 2 atom stereocenters. The molecule has 0 aliphatic carbocycles. The van der Waals surface area contributed by atoms with Gasteiger partial charge in [0.1, 0.15) is 12.1 Å². The number of imidazole rings is 1. The Morgan fingerprint density at radius 1 is 0.857 bits per heavy atom. The molecule has 7 heteroatoms. The molecule has 0 saturated heterocycles. The number of hydrogen-bond acceptors (Lipinski definition) is 4. The molecule has 0 aliphatic heterocycles. The van der Waals surface area contributed by atoms with E-state index >= 15 is 0 Å². The Hall–Kier alpha value is -4.26. The fraction of sp³-hybridized carbons (Fsp3) is 0.214. The largest absolute Gasteiger partial charge is 0.342 e. The van der Waals surface area contributed by atoms with Crippen LogP contribution in [0.4, 0.5) is 0 Å². The molecule has 1 heterocycles. The summed E-state index contributed by atoms with van der Waals surface area (Å²) in [6, 6.07) is 20.4. The van der Waals surface area contributed by atoms with Gasteiger partial charge < -0.3 is 15.2 Å². The van der Waals surface area contributed by atoms with Crippen LogP contribution in [0, 0.1) is 5.92 Å². The summed E-state index contributed by atoms with van der Waals surface area (Å²) < 4.78 is 1.74. The van der Waals surface area contributed by atoms with Gasteiger partial charge in [-0.3, -0.25) is 14.4 Å². The van der Waals surface area contributed by atoms with Gasteiger partial charge in [-0.25, -0.2) is 4.98 Å². The number of nitrogens with one attached hydrogen (secondary N) is 2. The maximum atomic E-state index is 13.3. The standard InChI is InChI=1S/C28H28N4O3/c1-19(2)25(31-27(34)23-13-12-20-8-6-7-11-22(20)16-23)28(35)30-24(17-32-15-14-29-18-32)26(33)21-9-4-3-5-10-21/h3-16,18-19,24-25H,17H2,1-2H3,(H,30,35)(H,31,34). The van der Waals surface area contributed by atoms with Crippen LogP contribution in [0.15, 0.2) is 91.5 Å². The molecule has 4 aromatic rings. The number of fused-ring (bicyclic) bond motifs is 1. The zero-order chi connectivity index (χ0) is 24.8. The lowest BCUT2D eigenvalue weighted by molar-refractivity contribution is -0.124. The molecule has 2 N–H and O–H groups in total. The van der Waals surface area contributed by atoms with Gasteiger partial charge in [-0.15, -0.1) is 0 Å². The van der Waals surface area contributed by atoms with E-state index in [2.05, 4.69) is 15.6 Å². The molecule has 0 radical (unpaired) electrons. The maximum absolute atomic E-state index is 13.3. The molecular weight excluding hydrogens is 440 g/mol. The molecule has 1 aromatic heterocycles. The summed E-state index contributed by atoms with van der Waals surface area (Å²) in [4.78, 5) is 43.6. The average molecular weight is 469 g/mol. The minimum atomic E-state index is -0.821. The first-order valence-electron chi connectivity index (χ1n) is 11.6. The van der Waals surface area contributed by atoms with Crippen LogP contribution in [0.3, 0.4) is 0 Å². The highest BCUT2D eigenvalue weighted by Crippen LogP contribution is 2.16. The van der Waals surface area contributed by atoms with Gasteiger partial charge >= 0.3 is 0 Å². The smallest absolute Gasteiger partial charge is 0.251 e. The Morgan fingerprint density at radius 3 is 2.26 bits per heavy atom. The molecule has 7 nitrogen and oxygen atoms in total.